The van der Waals surface area contributed by atoms with Crippen molar-refractivity contribution >= 4 is 10.8 Å². The van der Waals surface area contributed by atoms with Crippen LogP contribution in [-0.2, 0) is 0 Å². The van der Waals surface area contributed by atoms with Crippen molar-refractivity contribution in [3.05, 3.63) is 48.0 Å². The molecule has 0 saturated carbocycles. The van der Waals surface area contributed by atoms with Crippen LogP contribution in [0, 0.1) is 0 Å². The maximum Gasteiger partial charge on any atom is 0.0497 e. The van der Waals surface area contributed by atoms with E-state index in [0.29, 0.717) is 0 Å². The first-order valence-electron chi connectivity index (χ1n) is 6.43. The molecule has 0 aliphatic carbocycles. The van der Waals surface area contributed by atoms with Crippen LogP contribution in [0.25, 0.3) is 10.8 Å². The van der Waals surface area contributed by atoms with Gasteiger partial charge in [-0.25, -0.2) is 0 Å². The average molecular weight is 242 g/mol. The zero-order valence-electron chi connectivity index (χ0n) is 11.6. The Morgan fingerprint density at radius 2 is 1.61 bits per heavy atom. The van der Waals surface area contributed by atoms with E-state index in [-0.39, 0.29) is 11.6 Å². The van der Waals surface area contributed by atoms with Crippen molar-refractivity contribution in [3.8, 4) is 0 Å². The highest BCUT2D eigenvalue weighted by Gasteiger charge is 2.27. The molecule has 0 fully saturated rings. The van der Waals surface area contributed by atoms with Crippen molar-refractivity contribution in [3.63, 3.8) is 0 Å². The van der Waals surface area contributed by atoms with Crippen LogP contribution in [0.1, 0.15) is 25.5 Å². The molecule has 2 N–H and O–H groups in total. The molecule has 2 heteroatoms. The number of nitrogens with one attached hydrogen (secondary N) is 2. The van der Waals surface area contributed by atoms with Crippen LogP contribution in [0.2, 0.25) is 0 Å². The molecule has 2 aromatic carbocycles. The van der Waals surface area contributed by atoms with E-state index in [2.05, 4.69) is 66.9 Å². The van der Waals surface area contributed by atoms with Crippen molar-refractivity contribution in [2.75, 3.05) is 14.1 Å². The predicted molar refractivity (Wildman–Crippen MR) is 78.9 cm³/mol. The fraction of sp³-hybridized carbons (Fsp3) is 0.375. The van der Waals surface area contributed by atoms with E-state index < -0.39 is 0 Å². The maximum absolute atomic E-state index is 3.41. The summed E-state index contributed by atoms with van der Waals surface area (Å²) >= 11 is 0. The van der Waals surface area contributed by atoms with Crippen molar-refractivity contribution in [2.45, 2.75) is 25.4 Å². The molecule has 0 aliphatic heterocycles. The van der Waals surface area contributed by atoms with Crippen LogP contribution >= 0.6 is 0 Å². The lowest BCUT2D eigenvalue weighted by Gasteiger charge is -2.34. The van der Waals surface area contributed by atoms with Gasteiger partial charge in [-0.3, -0.25) is 0 Å². The minimum atomic E-state index is 0.0111. The Bertz CT molecular complexity index is 531. The van der Waals surface area contributed by atoms with Crippen molar-refractivity contribution < 1.29 is 0 Å². The van der Waals surface area contributed by atoms with Gasteiger partial charge < -0.3 is 10.6 Å². The number of benzene rings is 2. The van der Waals surface area contributed by atoms with Gasteiger partial charge >= 0.3 is 0 Å². The highest BCUT2D eigenvalue weighted by molar-refractivity contribution is 5.83. The second-order valence-corrected chi connectivity index (χ2v) is 5.30. The molecular formula is C16H22N2. The van der Waals surface area contributed by atoms with E-state index in [1.807, 2.05) is 14.1 Å². The van der Waals surface area contributed by atoms with Gasteiger partial charge in [0.25, 0.3) is 0 Å². The molecule has 1 atom stereocenters. The van der Waals surface area contributed by atoms with Crippen LogP contribution in [0.3, 0.4) is 0 Å². The summed E-state index contributed by atoms with van der Waals surface area (Å²) in [7, 11) is 4.02. The largest absolute Gasteiger partial charge is 0.313 e. The molecule has 0 bridgehead atoms. The molecule has 0 radical (unpaired) electrons. The van der Waals surface area contributed by atoms with Gasteiger partial charge in [0, 0.05) is 11.6 Å². The van der Waals surface area contributed by atoms with Gasteiger partial charge in [0.2, 0.25) is 0 Å². The molecule has 1 unspecified atom stereocenters. The van der Waals surface area contributed by atoms with E-state index in [1.165, 1.54) is 16.3 Å². The topological polar surface area (TPSA) is 24.1 Å². The second-order valence-electron chi connectivity index (χ2n) is 5.30. The van der Waals surface area contributed by atoms with Crippen molar-refractivity contribution in [1.29, 1.82) is 0 Å². The Morgan fingerprint density at radius 3 is 2.22 bits per heavy atom. The second kappa shape index (κ2) is 5.09. The fourth-order valence-electron chi connectivity index (χ4n) is 2.48. The number of hydrogen-bond acceptors (Lipinski definition) is 2. The minimum Gasteiger partial charge on any atom is -0.313 e. The van der Waals surface area contributed by atoms with Gasteiger partial charge in [-0.15, -0.1) is 0 Å². The summed E-state index contributed by atoms with van der Waals surface area (Å²) in [6.45, 7) is 4.42. The van der Waals surface area contributed by atoms with E-state index in [1.54, 1.807) is 0 Å². The highest BCUT2D eigenvalue weighted by Crippen LogP contribution is 2.27. The summed E-state index contributed by atoms with van der Waals surface area (Å²) in [6.07, 6.45) is 0. The Balaban J connectivity index is 2.46. The van der Waals surface area contributed by atoms with Crippen LogP contribution in [-0.4, -0.2) is 19.6 Å². The minimum absolute atomic E-state index is 0.0111. The van der Waals surface area contributed by atoms with Crippen molar-refractivity contribution in [2.24, 2.45) is 0 Å². The first-order valence-corrected chi connectivity index (χ1v) is 6.43. The maximum atomic E-state index is 3.41. The zero-order chi connectivity index (χ0) is 13.2. The van der Waals surface area contributed by atoms with Crippen molar-refractivity contribution in [1.82, 2.24) is 10.6 Å². The number of fused-ring (bicyclic) bond motifs is 1. The summed E-state index contributed by atoms with van der Waals surface area (Å²) in [5.74, 6) is 0. The summed E-state index contributed by atoms with van der Waals surface area (Å²) in [4.78, 5) is 0. The number of rotatable bonds is 4. The van der Waals surface area contributed by atoms with Gasteiger partial charge in [0.1, 0.15) is 0 Å². The van der Waals surface area contributed by atoms with Crippen LogP contribution < -0.4 is 10.6 Å². The number of hydrogen-bond donors (Lipinski definition) is 2. The first kappa shape index (κ1) is 13.1. The lowest BCUT2D eigenvalue weighted by Crippen LogP contribution is -2.47. The van der Waals surface area contributed by atoms with Gasteiger partial charge in [-0.1, -0.05) is 36.4 Å². The third-order valence-electron chi connectivity index (χ3n) is 3.76. The molecule has 2 aromatic rings. The summed E-state index contributed by atoms with van der Waals surface area (Å²) in [5.41, 5.74) is 1.33. The lowest BCUT2D eigenvalue weighted by molar-refractivity contribution is 0.311. The summed E-state index contributed by atoms with van der Waals surface area (Å²) < 4.78 is 0. The standard InChI is InChI=1S/C16H22N2/c1-16(2,18-4)15(17-3)14-10-9-12-7-5-6-8-13(12)11-14/h5-11,15,17-18H,1-4H3. The summed E-state index contributed by atoms with van der Waals surface area (Å²) in [6, 6.07) is 15.4. The van der Waals surface area contributed by atoms with Gasteiger partial charge in [-0.05, 0) is 50.3 Å². The van der Waals surface area contributed by atoms with E-state index >= 15 is 0 Å². The molecule has 18 heavy (non-hydrogen) atoms. The van der Waals surface area contributed by atoms with Crippen LogP contribution in [0.4, 0.5) is 0 Å². The molecule has 96 valence electrons. The fourth-order valence-corrected chi connectivity index (χ4v) is 2.48. The molecule has 2 nitrogen and oxygen atoms in total. The Kier molecular flexibility index (Phi) is 3.69. The molecule has 0 heterocycles. The van der Waals surface area contributed by atoms with Crippen LogP contribution in [0.5, 0.6) is 0 Å². The molecule has 0 aromatic heterocycles. The average Bonchev–Trinajstić information content (AvgIpc) is 2.39. The van der Waals surface area contributed by atoms with E-state index in [0.717, 1.165) is 0 Å². The first-order chi connectivity index (χ1) is 8.58. The zero-order valence-corrected chi connectivity index (χ0v) is 11.6. The quantitative estimate of drug-likeness (QED) is 0.861. The Morgan fingerprint density at radius 1 is 0.944 bits per heavy atom. The van der Waals surface area contributed by atoms with E-state index in [9.17, 15) is 0 Å². The molecule has 0 amide bonds. The Hall–Kier alpha value is -1.38. The van der Waals surface area contributed by atoms with E-state index in [4.69, 9.17) is 0 Å². The molecule has 0 aliphatic rings. The van der Waals surface area contributed by atoms with Crippen LogP contribution in [0.15, 0.2) is 42.5 Å². The molecule has 0 spiro atoms. The monoisotopic (exact) mass is 242 g/mol. The molecule has 0 saturated heterocycles. The molecule has 2 rings (SSSR count). The predicted octanol–water partition coefficient (Wildman–Crippen LogP) is 3.10. The van der Waals surface area contributed by atoms with Gasteiger partial charge in [0.05, 0.1) is 0 Å². The SMILES string of the molecule is CNC(c1ccc2ccccc2c1)C(C)(C)NC. The Labute approximate surface area is 109 Å². The van der Waals surface area contributed by atoms with Gasteiger partial charge in [-0.2, -0.15) is 0 Å². The molecular weight excluding hydrogens is 220 g/mol. The lowest BCUT2D eigenvalue weighted by atomic mass is 9.88. The highest BCUT2D eigenvalue weighted by atomic mass is 15.0. The normalized spacial score (nSPS) is 13.8. The number of likely N-dealkylation sites (N-methyl/N-ethyl adjacent to an activating group) is 2. The smallest absolute Gasteiger partial charge is 0.0497 e. The van der Waals surface area contributed by atoms with Gasteiger partial charge in [0.15, 0.2) is 0 Å². The summed E-state index contributed by atoms with van der Waals surface area (Å²) in [5, 5.41) is 9.37. The third kappa shape index (κ3) is 2.40. The third-order valence-corrected chi connectivity index (χ3v) is 3.76.